The Hall–Kier alpha value is -2.48. The number of benzene rings is 1. The number of halogens is 1. The summed E-state index contributed by atoms with van der Waals surface area (Å²) in [7, 11) is 0. The van der Waals surface area contributed by atoms with Crippen LogP contribution in [0.25, 0.3) is 0 Å². The van der Waals surface area contributed by atoms with Crippen molar-refractivity contribution in [3.8, 4) is 5.75 Å². The van der Waals surface area contributed by atoms with Crippen molar-refractivity contribution in [2.45, 2.75) is 19.6 Å². The predicted molar refractivity (Wildman–Crippen MR) is 91.2 cm³/mol. The molecule has 2 aromatic rings. The van der Waals surface area contributed by atoms with Crippen molar-refractivity contribution in [3.05, 3.63) is 53.7 Å². The monoisotopic (exact) mass is 367 g/mol. The van der Waals surface area contributed by atoms with Gasteiger partial charge in [-0.15, -0.1) is 0 Å². The minimum atomic E-state index is -0.861. The van der Waals surface area contributed by atoms with Crippen molar-refractivity contribution in [2.24, 2.45) is 0 Å². The molecule has 1 aromatic carbocycles. The summed E-state index contributed by atoms with van der Waals surface area (Å²) in [6, 6.07) is 7.73. The van der Waals surface area contributed by atoms with Crippen molar-refractivity contribution >= 4 is 24.5 Å². The van der Waals surface area contributed by atoms with Gasteiger partial charge in [0.1, 0.15) is 30.0 Å². The second kappa shape index (κ2) is 9.12. The van der Waals surface area contributed by atoms with E-state index in [9.17, 15) is 14.0 Å². The molecule has 1 amide bonds. The van der Waals surface area contributed by atoms with Gasteiger partial charge in [0, 0.05) is 5.75 Å². The molecule has 0 saturated heterocycles. The first-order chi connectivity index (χ1) is 12.0. The SMILES string of the molecule is CCOC(=O)[C@H](CS)NC(=O)c1ccc(COc2ccc(F)cc2)o1. The van der Waals surface area contributed by atoms with Crippen molar-refractivity contribution in [1.82, 2.24) is 5.32 Å². The van der Waals surface area contributed by atoms with Crippen LogP contribution in [0.15, 0.2) is 40.8 Å². The summed E-state index contributed by atoms with van der Waals surface area (Å²) in [5, 5.41) is 2.49. The van der Waals surface area contributed by atoms with Crippen LogP contribution >= 0.6 is 12.6 Å². The molecular formula is C17H18FNO5S. The maximum absolute atomic E-state index is 12.8. The molecule has 134 valence electrons. The highest BCUT2D eigenvalue weighted by atomic mass is 32.1. The molecule has 1 atom stereocenters. The number of esters is 1. The minimum Gasteiger partial charge on any atom is -0.486 e. The molecule has 0 radical (unpaired) electrons. The highest BCUT2D eigenvalue weighted by molar-refractivity contribution is 7.80. The molecule has 6 nitrogen and oxygen atoms in total. The van der Waals surface area contributed by atoms with E-state index < -0.39 is 17.9 Å². The maximum Gasteiger partial charge on any atom is 0.329 e. The van der Waals surface area contributed by atoms with Crippen LogP contribution in [0.5, 0.6) is 5.75 Å². The van der Waals surface area contributed by atoms with E-state index in [-0.39, 0.29) is 30.5 Å². The first-order valence-corrected chi connectivity index (χ1v) is 8.22. The molecule has 0 unspecified atom stereocenters. The Balaban J connectivity index is 1.91. The normalized spacial score (nSPS) is 11.6. The second-order valence-corrected chi connectivity index (χ2v) is 5.33. The minimum absolute atomic E-state index is 0.0359. The molecule has 0 spiro atoms. The van der Waals surface area contributed by atoms with Gasteiger partial charge in [0.05, 0.1) is 6.61 Å². The molecule has 1 aromatic heterocycles. The number of nitrogens with one attached hydrogen (secondary N) is 1. The van der Waals surface area contributed by atoms with Crippen molar-refractivity contribution in [3.63, 3.8) is 0 Å². The lowest BCUT2D eigenvalue weighted by Crippen LogP contribution is -2.43. The third-order valence-corrected chi connectivity index (χ3v) is 3.50. The quantitative estimate of drug-likeness (QED) is 0.554. The second-order valence-electron chi connectivity index (χ2n) is 4.97. The fourth-order valence-corrected chi connectivity index (χ4v) is 2.15. The molecule has 0 saturated carbocycles. The molecular weight excluding hydrogens is 349 g/mol. The Morgan fingerprint density at radius 2 is 1.96 bits per heavy atom. The molecule has 0 fully saturated rings. The van der Waals surface area contributed by atoms with Crippen LogP contribution in [0.2, 0.25) is 0 Å². The van der Waals surface area contributed by atoms with Gasteiger partial charge in [0.15, 0.2) is 5.76 Å². The maximum atomic E-state index is 12.8. The van der Waals surface area contributed by atoms with Crippen molar-refractivity contribution in [2.75, 3.05) is 12.4 Å². The molecule has 25 heavy (non-hydrogen) atoms. The summed E-state index contributed by atoms with van der Waals surface area (Å²) >= 11 is 4.03. The summed E-state index contributed by atoms with van der Waals surface area (Å²) < 4.78 is 28.5. The largest absolute Gasteiger partial charge is 0.486 e. The molecule has 0 aliphatic rings. The average molecular weight is 367 g/mol. The molecule has 0 aliphatic carbocycles. The third kappa shape index (κ3) is 5.53. The van der Waals surface area contributed by atoms with Crippen LogP contribution in [-0.2, 0) is 16.1 Å². The van der Waals surface area contributed by atoms with Gasteiger partial charge in [0.2, 0.25) is 0 Å². The Labute approximate surface area is 149 Å². The molecule has 8 heteroatoms. The molecule has 1 N–H and O–H groups in total. The van der Waals surface area contributed by atoms with Gasteiger partial charge in [-0.1, -0.05) is 0 Å². The summed E-state index contributed by atoms with van der Waals surface area (Å²) in [5.74, 6) is -0.448. The fourth-order valence-electron chi connectivity index (χ4n) is 1.91. The molecule has 2 rings (SSSR count). The average Bonchev–Trinajstić information content (AvgIpc) is 3.08. The number of hydrogen-bond acceptors (Lipinski definition) is 6. The predicted octanol–water partition coefficient (Wildman–Crippen LogP) is 2.59. The number of furan rings is 1. The summed E-state index contributed by atoms with van der Waals surface area (Å²) in [5.41, 5.74) is 0. The van der Waals surface area contributed by atoms with E-state index in [4.69, 9.17) is 13.9 Å². The first-order valence-electron chi connectivity index (χ1n) is 7.59. The zero-order chi connectivity index (χ0) is 18.2. The topological polar surface area (TPSA) is 77.8 Å². The van der Waals surface area contributed by atoms with Gasteiger partial charge >= 0.3 is 5.97 Å². The summed E-state index contributed by atoms with van der Waals surface area (Å²) in [4.78, 5) is 23.8. The Morgan fingerprint density at radius 3 is 2.60 bits per heavy atom. The Morgan fingerprint density at radius 1 is 1.24 bits per heavy atom. The molecule has 0 aliphatic heterocycles. The zero-order valence-corrected chi connectivity index (χ0v) is 14.4. The fraction of sp³-hybridized carbons (Fsp3) is 0.294. The summed E-state index contributed by atoms with van der Waals surface area (Å²) in [6.45, 7) is 1.96. The third-order valence-electron chi connectivity index (χ3n) is 3.14. The molecule has 1 heterocycles. The number of amides is 1. The lowest BCUT2D eigenvalue weighted by molar-refractivity contribution is -0.144. The number of thiol groups is 1. The van der Waals surface area contributed by atoms with E-state index in [2.05, 4.69) is 17.9 Å². The lowest BCUT2D eigenvalue weighted by atomic mass is 10.3. The van der Waals surface area contributed by atoms with Crippen molar-refractivity contribution in [1.29, 1.82) is 0 Å². The van der Waals surface area contributed by atoms with E-state index >= 15 is 0 Å². The van der Waals surface area contributed by atoms with E-state index in [1.807, 2.05) is 0 Å². The Bertz CT molecular complexity index is 716. The highest BCUT2D eigenvalue weighted by Crippen LogP contribution is 2.15. The van der Waals surface area contributed by atoms with Crippen molar-refractivity contribution < 1.29 is 27.9 Å². The van der Waals surface area contributed by atoms with Crippen LogP contribution < -0.4 is 10.1 Å². The summed E-state index contributed by atoms with van der Waals surface area (Å²) in [6.07, 6.45) is 0. The van der Waals surface area contributed by atoms with Crippen LogP contribution in [0.4, 0.5) is 4.39 Å². The van der Waals surface area contributed by atoms with E-state index in [1.54, 1.807) is 13.0 Å². The smallest absolute Gasteiger partial charge is 0.329 e. The van der Waals surface area contributed by atoms with Crippen LogP contribution in [0, 0.1) is 5.82 Å². The first kappa shape index (κ1) is 18.9. The molecule has 0 bridgehead atoms. The lowest BCUT2D eigenvalue weighted by Gasteiger charge is -2.13. The van der Waals surface area contributed by atoms with Gasteiger partial charge < -0.3 is 19.2 Å². The standard InChI is InChI=1S/C17H18FNO5S/c1-2-22-17(21)14(10-25)19-16(20)15-8-7-13(24-15)9-23-12-5-3-11(18)4-6-12/h3-8,14,25H,2,9-10H2,1H3,(H,19,20)/t14-/m0/s1. The van der Waals surface area contributed by atoms with E-state index in [0.29, 0.717) is 11.5 Å². The van der Waals surface area contributed by atoms with Crippen LogP contribution in [0.1, 0.15) is 23.2 Å². The Kier molecular flexibility index (Phi) is 6.88. The van der Waals surface area contributed by atoms with Gasteiger partial charge in [-0.05, 0) is 43.3 Å². The van der Waals surface area contributed by atoms with Gasteiger partial charge in [-0.2, -0.15) is 12.6 Å². The number of ether oxygens (including phenoxy) is 2. The van der Waals surface area contributed by atoms with Gasteiger partial charge in [-0.3, -0.25) is 4.79 Å². The van der Waals surface area contributed by atoms with E-state index in [0.717, 1.165) is 0 Å². The van der Waals surface area contributed by atoms with Gasteiger partial charge in [0.25, 0.3) is 5.91 Å². The highest BCUT2D eigenvalue weighted by Gasteiger charge is 2.22. The number of carbonyl (C=O) groups excluding carboxylic acids is 2. The number of rotatable bonds is 8. The zero-order valence-electron chi connectivity index (χ0n) is 13.5. The van der Waals surface area contributed by atoms with Crippen LogP contribution in [0.3, 0.4) is 0 Å². The van der Waals surface area contributed by atoms with Gasteiger partial charge in [-0.25, -0.2) is 9.18 Å². The number of carbonyl (C=O) groups is 2. The number of hydrogen-bond donors (Lipinski definition) is 2. The van der Waals surface area contributed by atoms with Crippen LogP contribution in [-0.4, -0.2) is 30.3 Å². The van der Waals surface area contributed by atoms with E-state index in [1.165, 1.54) is 30.3 Å².